The fourth-order valence-electron chi connectivity index (χ4n) is 1.32. The van der Waals surface area contributed by atoms with E-state index in [0.717, 1.165) is 12.5 Å². The molecule has 0 spiro atoms. The van der Waals surface area contributed by atoms with Crippen LogP contribution in [0.4, 0.5) is 24.9 Å². The zero-order valence-corrected chi connectivity index (χ0v) is 11.8. The summed E-state index contributed by atoms with van der Waals surface area (Å²) in [5, 5.41) is 5.86. The van der Waals surface area contributed by atoms with Crippen LogP contribution in [-0.2, 0) is 6.18 Å². The van der Waals surface area contributed by atoms with Gasteiger partial charge in [0, 0.05) is 24.9 Å². The number of nitrogens with one attached hydrogen (secondary N) is 2. The summed E-state index contributed by atoms with van der Waals surface area (Å²) in [6, 6.07) is 0.921. The number of hydrogen-bond acceptors (Lipinski definition) is 5. The maximum absolute atomic E-state index is 12.6. The summed E-state index contributed by atoms with van der Waals surface area (Å²) in [5.74, 6) is 0.134. The molecule has 0 fully saturated rings. The van der Waals surface area contributed by atoms with Gasteiger partial charge in [0.25, 0.3) is 0 Å². The number of rotatable bonds is 6. The third kappa shape index (κ3) is 5.14. The molecule has 0 saturated carbocycles. The van der Waals surface area contributed by atoms with E-state index in [1.54, 1.807) is 11.8 Å². The van der Waals surface area contributed by atoms with Gasteiger partial charge in [-0.15, -0.1) is 0 Å². The molecule has 1 rings (SSSR count). The largest absolute Gasteiger partial charge is 0.433 e. The first kappa shape index (κ1) is 15.9. The Balaban J connectivity index is 2.77. The van der Waals surface area contributed by atoms with Crippen LogP contribution in [-0.4, -0.2) is 35.1 Å². The Bertz CT molecular complexity index is 411. The van der Waals surface area contributed by atoms with Crippen LogP contribution in [0.3, 0.4) is 0 Å². The summed E-state index contributed by atoms with van der Waals surface area (Å²) < 4.78 is 37.9. The van der Waals surface area contributed by atoms with Crippen molar-refractivity contribution in [3.8, 4) is 0 Å². The summed E-state index contributed by atoms with van der Waals surface area (Å²) in [4.78, 5) is 7.34. The second-order valence-electron chi connectivity index (χ2n) is 3.97. The molecule has 0 aromatic carbocycles. The lowest BCUT2D eigenvalue weighted by Gasteiger charge is -2.12. The fraction of sp³-hybridized carbons (Fsp3) is 0.636. The quantitative estimate of drug-likeness (QED) is 0.844. The number of hydrogen-bond donors (Lipinski definition) is 2. The number of thioether (sulfide) groups is 1. The smallest absolute Gasteiger partial charge is 0.370 e. The zero-order chi connectivity index (χ0) is 14.5. The Morgan fingerprint density at radius 2 is 2.05 bits per heavy atom. The van der Waals surface area contributed by atoms with Gasteiger partial charge in [0.2, 0.25) is 5.95 Å². The number of aromatic nitrogens is 2. The van der Waals surface area contributed by atoms with Gasteiger partial charge in [0.05, 0.1) is 0 Å². The monoisotopic (exact) mass is 294 g/mol. The van der Waals surface area contributed by atoms with Gasteiger partial charge in [0.1, 0.15) is 5.82 Å². The topological polar surface area (TPSA) is 49.8 Å². The summed E-state index contributed by atoms with van der Waals surface area (Å²) >= 11 is 1.71. The standard InChI is InChI=1S/C11H17F3N4S/c1-7(19-3)4-5-16-9-6-8(11(12,13)14)17-10(15-2)18-9/h6-7H,4-5H2,1-3H3,(H2,15,16,17,18). The van der Waals surface area contributed by atoms with E-state index in [9.17, 15) is 13.2 Å². The minimum Gasteiger partial charge on any atom is -0.370 e. The van der Waals surface area contributed by atoms with E-state index in [4.69, 9.17) is 0 Å². The maximum Gasteiger partial charge on any atom is 0.433 e. The van der Waals surface area contributed by atoms with E-state index < -0.39 is 11.9 Å². The molecule has 0 aliphatic heterocycles. The molecule has 8 heteroatoms. The van der Waals surface area contributed by atoms with E-state index in [0.29, 0.717) is 11.8 Å². The molecule has 0 radical (unpaired) electrons. The van der Waals surface area contributed by atoms with Crippen molar-refractivity contribution in [2.75, 3.05) is 30.5 Å². The van der Waals surface area contributed by atoms with Crippen LogP contribution in [0.25, 0.3) is 0 Å². The van der Waals surface area contributed by atoms with E-state index in [2.05, 4.69) is 27.5 Å². The van der Waals surface area contributed by atoms with Gasteiger partial charge < -0.3 is 10.6 Å². The first-order valence-electron chi connectivity index (χ1n) is 5.77. The molecule has 0 amide bonds. The van der Waals surface area contributed by atoms with E-state index >= 15 is 0 Å². The predicted molar refractivity (Wildman–Crippen MR) is 72.7 cm³/mol. The molecule has 1 unspecified atom stereocenters. The lowest BCUT2D eigenvalue weighted by Crippen LogP contribution is -2.14. The van der Waals surface area contributed by atoms with Crippen molar-refractivity contribution in [2.45, 2.75) is 24.8 Å². The molecule has 1 aromatic heterocycles. The summed E-state index contributed by atoms with van der Waals surface area (Å²) in [6.45, 7) is 2.63. The van der Waals surface area contributed by atoms with E-state index in [1.165, 1.54) is 7.05 Å². The van der Waals surface area contributed by atoms with Crippen molar-refractivity contribution >= 4 is 23.5 Å². The van der Waals surface area contributed by atoms with Crippen molar-refractivity contribution in [1.29, 1.82) is 0 Å². The molecule has 19 heavy (non-hydrogen) atoms. The molecule has 0 aliphatic rings. The number of alkyl halides is 3. The first-order chi connectivity index (χ1) is 8.86. The number of nitrogens with zero attached hydrogens (tertiary/aromatic N) is 2. The summed E-state index contributed by atoms with van der Waals surface area (Å²) in [7, 11) is 1.48. The Morgan fingerprint density at radius 1 is 1.37 bits per heavy atom. The van der Waals surface area contributed by atoms with Crippen LogP contribution < -0.4 is 10.6 Å². The first-order valence-corrected chi connectivity index (χ1v) is 7.06. The molecular formula is C11H17F3N4S. The van der Waals surface area contributed by atoms with Crippen molar-refractivity contribution in [1.82, 2.24) is 9.97 Å². The second kappa shape index (κ2) is 6.83. The minimum atomic E-state index is -4.47. The molecule has 1 aromatic rings. The van der Waals surface area contributed by atoms with Gasteiger partial charge in [-0.2, -0.15) is 29.9 Å². The van der Waals surface area contributed by atoms with Gasteiger partial charge >= 0.3 is 6.18 Å². The van der Waals surface area contributed by atoms with Crippen molar-refractivity contribution < 1.29 is 13.2 Å². The van der Waals surface area contributed by atoms with Crippen molar-refractivity contribution in [2.24, 2.45) is 0 Å². The van der Waals surface area contributed by atoms with E-state index in [1.807, 2.05) is 6.26 Å². The number of halogens is 3. The zero-order valence-electron chi connectivity index (χ0n) is 11.0. The summed E-state index contributed by atoms with van der Waals surface area (Å²) in [5.41, 5.74) is -0.952. The molecule has 0 bridgehead atoms. The maximum atomic E-state index is 12.6. The van der Waals surface area contributed by atoms with Crippen LogP contribution >= 0.6 is 11.8 Å². The van der Waals surface area contributed by atoms with Crippen LogP contribution in [0.2, 0.25) is 0 Å². The third-order valence-electron chi connectivity index (χ3n) is 2.50. The van der Waals surface area contributed by atoms with Crippen molar-refractivity contribution in [3.63, 3.8) is 0 Å². The molecule has 0 aliphatic carbocycles. The average Bonchev–Trinajstić information content (AvgIpc) is 2.37. The van der Waals surface area contributed by atoms with Gasteiger partial charge in [-0.3, -0.25) is 0 Å². The highest BCUT2D eigenvalue weighted by Crippen LogP contribution is 2.29. The Labute approximate surface area is 114 Å². The second-order valence-corrected chi connectivity index (χ2v) is 5.25. The van der Waals surface area contributed by atoms with E-state index in [-0.39, 0.29) is 11.8 Å². The fourth-order valence-corrected chi connectivity index (χ4v) is 1.67. The highest BCUT2D eigenvalue weighted by molar-refractivity contribution is 7.99. The highest BCUT2D eigenvalue weighted by Gasteiger charge is 2.33. The minimum absolute atomic E-state index is 0.0461. The SMILES string of the molecule is CNc1nc(NCCC(C)SC)cc(C(F)(F)F)n1. The normalized spacial score (nSPS) is 13.2. The highest BCUT2D eigenvalue weighted by atomic mass is 32.2. The van der Waals surface area contributed by atoms with Crippen LogP contribution in [0, 0.1) is 0 Å². The van der Waals surface area contributed by atoms with Crippen molar-refractivity contribution in [3.05, 3.63) is 11.8 Å². The van der Waals surface area contributed by atoms with Gasteiger partial charge in [0.15, 0.2) is 5.69 Å². The van der Waals surface area contributed by atoms with Gasteiger partial charge in [-0.05, 0) is 12.7 Å². The Morgan fingerprint density at radius 3 is 2.58 bits per heavy atom. The molecule has 0 saturated heterocycles. The lowest BCUT2D eigenvalue weighted by atomic mass is 10.3. The van der Waals surface area contributed by atoms with Gasteiger partial charge in [-0.1, -0.05) is 6.92 Å². The van der Waals surface area contributed by atoms with Crippen LogP contribution in [0.5, 0.6) is 0 Å². The van der Waals surface area contributed by atoms with Gasteiger partial charge in [-0.25, -0.2) is 4.98 Å². The predicted octanol–water partition coefficient (Wildman–Crippen LogP) is 3.09. The molecule has 1 heterocycles. The number of anilines is 2. The molecule has 4 nitrogen and oxygen atoms in total. The molecule has 1 atom stereocenters. The summed E-state index contributed by atoms with van der Waals surface area (Å²) in [6.07, 6.45) is -1.63. The van der Waals surface area contributed by atoms with Crippen LogP contribution in [0.1, 0.15) is 19.0 Å². The molecule has 108 valence electrons. The Hall–Kier alpha value is -1.18. The molecular weight excluding hydrogens is 277 g/mol. The Kier molecular flexibility index (Phi) is 5.71. The molecule has 2 N–H and O–H groups in total. The third-order valence-corrected chi connectivity index (χ3v) is 3.54. The average molecular weight is 294 g/mol. The lowest BCUT2D eigenvalue weighted by molar-refractivity contribution is -0.141. The van der Waals surface area contributed by atoms with Crippen LogP contribution in [0.15, 0.2) is 6.07 Å².